The van der Waals surface area contributed by atoms with Crippen LogP contribution in [0.4, 0.5) is 0 Å². The predicted octanol–water partition coefficient (Wildman–Crippen LogP) is 2.03. The van der Waals surface area contributed by atoms with Crippen LogP contribution in [0.25, 0.3) is 0 Å². The van der Waals surface area contributed by atoms with Crippen LogP contribution in [0.2, 0.25) is 0 Å². The van der Waals surface area contributed by atoms with Gasteiger partial charge in [0.25, 0.3) is 0 Å². The van der Waals surface area contributed by atoms with Crippen LogP contribution in [0.1, 0.15) is 18.4 Å². The van der Waals surface area contributed by atoms with Crippen LogP contribution in [0.3, 0.4) is 0 Å². The molecule has 0 spiro atoms. The minimum Gasteiger partial charge on any atom is -0.481 e. The Balaban J connectivity index is 2.13. The monoisotopic (exact) mass is 221 g/mol. The van der Waals surface area contributed by atoms with Crippen molar-refractivity contribution in [2.45, 2.75) is 19.3 Å². The lowest BCUT2D eigenvalue weighted by atomic mass is 10.1. The van der Waals surface area contributed by atoms with Gasteiger partial charge in [-0.2, -0.15) is 0 Å². The molecule has 0 aliphatic heterocycles. The van der Waals surface area contributed by atoms with Gasteiger partial charge in [-0.15, -0.1) is 0 Å². The van der Waals surface area contributed by atoms with Gasteiger partial charge in [-0.05, 0) is 32.0 Å². The number of aryl methyl sites for hydroxylation is 1. The maximum Gasteiger partial charge on any atom is 0.304 e. The van der Waals surface area contributed by atoms with Crippen molar-refractivity contribution in [2.24, 2.45) is 0 Å². The summed E-state index contributed by atoms with van der Waals surface area (Å²) in [6, 6.07) is 10.4. The molecule has 16 heavy (non-hydrogen) atoms. The van der Waals surface area contributed by atoms with Crippen LogP contribution in [0.15, 0.2) is 30.3 Å². The first-order valence-electron chi connectivity index (χ1n) is 5.63. The molecule has 0 fully saturated rings. The Morgan fingerprint density at radius 2 is 1.94 bits per heavy atom. The van der Waals surface area contributed by atoms with Gasteiger partial charge in [-0.1, -0.05) is 30.3 Å². The van der Waals surface area contributed by atoms with Crippen molar-refractivity contribution < 1.29 is 9.90 Å². The summed E-state index contributed by atoms with van der Waals surface area (Å²) in [5, 5.41) is 8.54. The topological polar surface area (TPSA) is 40.5 Å². The maximum absolute atomic E-state index is 10.4. The van der Waals surface area contributed by atoms with Gasteiger partial charge in [0.05, 0.1) is 6.42 Å². The number of rotatable bonds is 7. The van der Waals surface area contributed by atoms with Crippen molar-refractivity contribution in [1.82, 2.24) is 4.90 Å². The molecule has 0 saturated carbocycles. The molecule has 0 aliphatic rings. The van der Waals surface area contributed by atoms with Gasteiger partial charge in [0.2, 0.25) is 0 Å². The Labute approximate surface area is 96.7 Å². The molecule has 1 N–H and O–H groups in total. The number of aliphatic carboxylic acids is 1. The number of carboxylic acid groups (broad SMARTS) is 1. The smallest absolute Gasteiger partial charge is 0.304 e. The molecule has 0 bridgehead atoms. The number of nitrogens with zero attached hydrogens (tertiary/aromatic N) is 1. The highest BCUT2D eigenvalue weighted by Gasteiger charge is 2.02. The molecule has 0 unspecified atom stereocenters. The van der Waals surface area contributed by atoms with Gasteiger partial charge in [0.15, 0.2) is 0 Å². The highest BCUT2D eigenvalue weighted by atomic mass is 16.4. The van der Waals surface area contributed by atoms with Crippen LogP contribution in [0, 0.1) is 0 Å². The van der Waals surface area contributed by atoms with E-state index in [0.717, 1.165) is 19.4 Å². The Bertz CT molecular complexity index is 311. The minimum atomic E-state index is -0.727. The molecule has 0 aliphatic carbocycles. The Kier molecular flexibility index (Phi) is 5.57. The summed E-state index contributed by atoms with van der Waals surface area (Å²) in [7, 11) is 1.97. The van der Waals surface area contributed by atoms with Crippen LogP contribution in [-0.2, 0) is 11.2 Å². The lowest BCUT2D eigenvalue weighted by molar-refractivity contribution is -0.137. The molecule has 1 aromatic rings. The third-order valence-corrected chi connectivity index (χ3v) is 2.56. The van der Waals surface area contributed by atoms with Gasteiger partial charge in [0, 0.05) is 6.54 Å². The summed E-state index contributed by atoms with van der Waals surface area (Å²) in [6.07, 6.45) is 2.35. The third-order valence-electron chi connectivity index (χ3n) is 2.56. The van der Waals surface area contributed by atoms with E-state index in [0.29, 0.717) is 6.54 Å². The molecule has 0 amide bonds. The summed E-state index contributed by atoms with van der Waals surface area (Å²) in [4.78, 5) is 12.4. The SMILES string of the molecule is CN(CCCc1ccccc1)CCC(=O)O. The standard InChI is InChI=1S/C13H19NO2/c1-14(11-9-13(15)16)10-5-8-12-6-3-2-4-7-12/h2-4,6-7H,5,8-11H2,1H3,(H,15,16). The van der Waals surface area contributed by atoms with E-state index in [2.05, 4.69) is 17.0 Å². The molecule has 88 valence electrons. The zero-order chi connectivity index (χ0) is 11.8. The Morgan fingerprint density at radius 3 is 2.56 bits per heavy atom. The van der Waals surface area contributed by atoms with E-state index in [1.807, 2.05) is 25.2 Å². The van der Waals surface area contributed by atoms with Crippen molar-refractivity contribution in [2.75, 3.05) is 20.1 Å². The third kappa shape index (κ3) is 5.51. The molecule has 0 atom stereocenters. The van der Waals surface area contributed by atoms with Crippen molar-refractivity contribution in [3.8, 4) is 0 Å². The predicted molar refractivity (Wildman–Crippen MR) is 64.5 cm³/mol. The second-order valence-electron chi connectivity index (χ2n) is 4.04. The van der Waals surface area contributed by atoms with Gasteiger partial charge in [-0.25, -0.2) is 0 Å². The summed E-state index contributed by atoms with van der Waals surface area (Å²) < 4.78 is 0. The molecule has 0 radical (unpaired) electrons. The summed E-state index contributed by atoms with van der Waals surface area (Å²) >= 11 is 0. The van der Waals surface area contributed by atoms with E-state index in [-0.39, 0.29) is 6.42 Å². The fraction of sp³-hybridized carbons (Fsp3) is 0.462. The number of hydrogen-bond donors (Lipinski definition) is 1. The molecule has 1 rings (SSSR count). The maximum atomic E-state index is 10.4. The van der Waals surface area contributed by atoms with E-state index in [9.17, 15) is 4.79 Å². The fourth-order valence-electron chi connectivity index (χ4n) is 1.60. The lowest BCUT2D eigenvalue weighted by Crippen LogP contribution is -2.23. The summed E-state index contributed by atoms with van der Waals surface area (Å²) in [5.74, 6) is -0.727. The van der Waals surface area contributed by atoms with E-state index in [1.165, 1.54) is 5.56 Å². The van der Waals surface area contributed by atoms with Crippen molar-refractivity contribution in [3.05, 3.63) is 35.9 Å². The van der Waals surface area contributed by atoms with Gasteiger partial charge in [-0.3, -0.25) is 4.79 Å². The molecule has 3 nitrogen and oxygen atoms in total. The molecule has 3 heteroatoms. The molecule has 0 saturated heterocycles. The second-order valence-corrected chi connectivity index (χ2v) is 4.04. The average molecular weight is 221 g/mol. The molecular formula is C13H19NO2. The van der Waals surface area contributed by atoms with Gasteiger partial charge >= 0.3 is 5.97 Å². The van der Waals surface area contributed by atoms with Gasteiger partial charge < -0.3 is 10.0 Å². The lowest BCUT2D eigenvalue weighted by Gasteiger charge is -2.14. The normalized spacial score (nSPS) is 10.6. The zero-order valence-electron chi connectivity index (χ0n) is 9.72. The quantitative estimate of drug-likeness (QED) is 0.766. The Hall–Kier alpha value is -1.35. The van der Waals surface area contributed by atoms with Gasteiger partial charge in [0.1, 0.15) is 0 Å². The first kappa shape index (κ1) is 12.7. The second kappa shape index (κ2) is 7.01. The van der Waals surface area contributed by atoms with E-state index in [1.54, 1.807) is 0 Å². The first-order chi connectivity index (χ1) is 7.68. The Morgan fingerprint density at radius 1 is 1.25 bits per heavy atom. The highest BCUT2D eigenvalue weighted by Crippen LogP contribution is 2.03. The summed E-state index contributed by atoms with van der Waals surface area (Å²) in [6.45, 7) is 1.58. The van der Waals surface area contributed by atoms with Crippen LogP contribution < -0.4 is 0 Å². The average Bonchev–Trinajstić information content (AvgIpc) is 2.28. The van der Waals surface area contributed by atoms with Crippen molar-refractivity contribution in [1.29, 1.82) is 0 Å². The highest BCUT2D eigenvalue weighted by molar-refractivity contribution is 5.66. The molecule has 0 aromatic heterocycles. The number of hydrogen-bond acceptors (Lipinski definition) is 2. The van der Waals surface area contributed by atoms with Crippen molar-refractivity contribution >= 4 is 5.97 Å². The largest absolute Gasteiger partial charge is 0.481 e. The molecule has 1 aromatic carbocycles. The number of carboxylic acids is 1. The van der Waals surface area contributed by atoms with E-state index < -0.39 is 5.97 Å². The zero-order valence-corrected chi connectivity index (χ0v) is 9.72. The minimum absolute atomic E-state index is 0.224. The summed E-state index contributed by atoms with van der Waals surface area (Å²) in [5.41, 5.74) is 1.34. The first-order valence-corrected chi connectivity index (χ1v) is 5.63. The molecular weight excluding hydrogens is 202 g/mol. The number of benzene rings is 1. The molecule has 0 heterocycles. The van der Waals surface area contributed by atoms with Crippen LogP contribution in [-0.4, -0.2) is 36.1 Å². The van der Waals surface area contributed by atoms with E-state index >= 15 is 0 Å². The van der Waals surface area contributed by atoms with Crippen LogP contribution >= 0.6 is 0 Å². The van der Waals surface area contributed by atoms with Crippen LogP contribution in [0.5, 0.6) is 0 Å². The van der Waals surface area contributed by atoms with E-state index in [4.69, 9.17) is 5.11 Å². The number of carbonyl (C=O) groups is 1. The van der Waals surface area contributed by atoms with Crippen molar-refractivity contribution in [3.63, 3.8) is 0 Å². The fourth-order valence-corrected chi connectivity index (χ4v) is 1.60.